The van der Waals surface area contributed by atoms with Crippen LogP contribution < -0.4 is 5.73 Å². The van der Waals surface area contributed by atoms with Crippen LogP contribution in [0.25, 0.3) is 0 Å². The maximum absolute atomic E-state index is 6.06. The molecular weight excluding hydrogens is 254 g/mol. The van der Waals surface area contributed by atoms with Gasteiger partial charge in [0.05, 0.1) is 12.7 Å². The molecule has 1 aliphatic carbocycles. The minimum Gasteiger partial charge on any atom is -0.389 e. The SMILES string of the molecule is Cc1cc(C(N)=S)ccc1COC1CCCC(C)C1. The van der Waals surface area contributed by atoms with Crippen molar-refractivity contribution in [2.45, 2.75) is 52.2 Å². The monoisotopic (exact) mass is 277 g/mol. The number of thiocarbonyl (C=S) groups is 1. The Morgan fingerprint density at radius 3 is 2.84 bits per heavy atom. The quantitative estimate of drug-likeness (QED) is 0.852. The zero-order chi connectivity index (χ0) is 13.8. The zero-order valence-corrected chi connectivity index (χ0v) is 12.6. The Morgan fingerprint density at radius 1 is 1.42 bits per heavy atom. The average Bonchev–Trinajstić information content (AvgIpc) is 2.37. The van der Waals surface area contributed by atoms with Crippen molar-refractivity contribution in [3.05, 3.63) is 34.9 Å². The predicted octanol–water partition coefficient (Wildman–Crippen LogP) is 3.72. The van der Waals surface area contributed by atoms with Gasteiger partial charge in [-0.3, -0.25) is 0 Å². The fourth-order valence-electron chi connectivity index (χ4n) is 2.75. The first-order chi connectivity index (χ1) is 9.06. The van der Waals surface area contributed by atoms with E-state index in [4.69, 9.17) is 22.7 Å². The van der Waals surface area contributed by atoms with Gasteiger partial charge in [0, 0.05) is 5.56 Å². The van der Waals surface area contributed by atoms with E-state index in [0.717, 1.165) is 11.5 Å². The van der Waals surface area contributed by atoms with Gasteiger partial charge in [-0.05, 0) is 42.9 Å². The molecule has 2 N–H and O–H groups in total. The lowest BCUT2D eigenvalue weighted by atomic mass is 9.89. The highest BCUT2D eigenvalue weighted by atomic mass is 32.1. The van der Waals surface area contributed by atoms with Gasteiger partial charge in [0.15, 0.2) is 0 Å². The molecule has 3 heteroatoms. The molecule has 0 radical (unpaired) electrons. The Balaban J connectivity index is 1.94. The van der Waals surface area contributed by atoms with Crippen molar-refractivity contribution in [1.29, 1.82) is 0 Å². The summed E-state index contributed by atoms with van der Waals surface area (Å²) >= 11 is 4.99. The summed E-state index contributed by atoms with van der Waals surface area (Å²) in [7, 11) is 0. The Hall–Kier alpha value is -0.930. The third kappa shape index (κ3) is 4.02. The van der Waals surface area contributed by atoms with Crippen LogP contribution in [-0.4, -0.2) is 11.1 Å². The average molecular weight is 277 g/mol. The summed E-state index contributed by atoms with van der Waals surface area (Å²) in [4.78, 5) is 0.455. The van der Waals surface area contributed by atoms with Crippen molar-refractivity contribution in [3.8, 4) is 0 Å². The first-order valence-electron chi connectivity index (χ1n) is 7.07. The molecule has 2 atom stereocenters. The summed E-state index contributed by atoms with van der Waals surface area (Å²) in [6.45, 7) is 5.10. The topological polar surface area (TPSA) is 35.2 Å². The van der Waals surface area contributed by atoms with E-state index >= 15 is 0 Å². The first kappa shape index (κ1) is 14.5. The van der Waals surface area contributed by atoms with Gasteiger partial charge in [-0.15, -0.1) is 0 Å². The lowest BCUT2D eigenvalue weighted by Gasteiger charge is -2.27. The summed E-state index contributed by atoms with van der Waals surface area (Å²) in [5.41, 5.74) is 9.01. The summed E-state index contributed by atoms with van der Waals surface area (Å²) in [6, 6.07) is 6.11. The maximum Gasteiger partial charge on any atom is 0.103 e. The molecule has 1 saturated carbocycles. The van der Waals surface area contributed by atoms with Crippen LogP contribution >= 0.6 is 12.2 Å². The molecular formula is C16H23NOS. The second kappa shape index (κ2) is 6.49. The molecule has 2 unspecified atom stereocenters. The molecule has 19 heavy (non-hydrogen) atoms. The fraction of sp³-hybridized carbons (Fsp3) is 0.562. The molecule has 0 amide bonds. The van der Waals surface area contributed by atoms with Gasteiger partial charge in [-0.25, -0.2) is 0 Å². The Labute approximate surface area is 121 Å². The van der Waals surface area contributed by atoms with Crippen LogP contribution in [-0.2, 0) is 11.3 Å². The van der Waals surface area contributed by atoms with Crippen molar-refractivity contribution in [1.82, 2.24) is 0 Å². The summed E-state index contributed by atoms with van der Waals surface area (Å²) in [6.07, 6.45) is 5.48. The van der Waals surface area contributed by atoms with E-state index in [1.54, 1.807) is 0 Å². The van der Waals surface area contributed by atoms with Crippen molar-refractivity contribution in [2.24, 2.45) is 11.7 Å². The fourth-order valence-corrected chi connectivity index (χ4v) is 2.88. The molecule has 0 saturated heterocycles. The van der Waals surface area contributed by atoms with Crippen LogP contribution in [0.15, 0.2) is 18.2 Å². The molecule has 0 spiro atoms. The lowest BCUT2D eigenvalue weighted by molar-refractivity contribution is 0.00447. The van der Waals surface area contributed by atoms with Crippen molar-refractivity contribution < 1.29 is 4.74 Å². The minimum absolute atomic E-state index is 0.429. The predicted molar refractivity (Wildman–Crippen MR) is 83.3 cm³/mol. The number of ether oxygens (including phenoxy) is 1. The summed E-state index contributed by atoms with van der Waals surface area (Å²) in [5, 5.41) is 0. The highest BCUT2D eigenvalue weighted by molar-refractivity contribution is 7.80. The molecule has 1 aliphatic rings. The van der Waals surface area contributed by atoms with E-state index in [-0.39, 0.29) is 0 Å². The highest BCUT2D eigenvalue weighted by Gasteiger charge is 2.19. The number of hydrogen-bond donors (Lipinski definition) is 1. The smallest absolute Gasteiger partial charge is 0.103 e. The van der Waals surface area contributed by atoms with Crippen LogP contribution in [0, 0.1) is 12.8 Å². The van der Waals surface area contributed by atoms with Gasteiger partial charge in [0.2, 0.25) is 0 Å². The van der Waals surface area contributed by atoms with Crippen molar-refractivity contribution in [3.63, 3.8) is 0 Å². The van der Waals surface area contributed by atoms with Crippen LogP contribution in [0.5, 0.6) is 0 Å². The van der Waals surface area contributed by atoms with E-state index in [1.165, 1.54) is 36.8 Å². The van der Waals surface area contributed by atoms with Gasteiger partial charge >= 0.3 is 0 Å². The molecule has 104 valence electrons. The van der Waals surface area contributed by atoms with Crippen molar-refractivity contribution >= 4 is 17.2 Å². The number of nitrogens with two attached hydrogens (primary N) is 1. The Morgan fingerprint density at radius 2 is 2.21 bits per heavy atom. The Kier molecular flexibility index (Phi) is 4.94. The number of aryl methyl sites for hydroxylation is 1. The normalized spacial score (nSPS) is 23.3. The zero-order valence-electron chi connectivity index (χ0n) is 11.8. The van der Waals surface area contributed by atoms with Gasteiger partial charge < -0.3 is 10.5 Å². The maximum atomic E-state index is 6.06. The van der Waals surface area contributed by atoms with E-state index in [1.807, 2.05) is 12.1 Å². The van der Waals surface area contributed by atoms with E-state index in [0.29, 0.717) is 17.7 Å². The molecule has 2 nitrogen and oxygen atoms in total. The molecule has 0 aliphatic heterocycles. The molecule has 1 fully saturated rings. The van der Waals surface area contributed by atoms with E-state index in [2.05, 4.69) is 19.9 Å². The molecule has 1 aromatic carbocycles. The lowest BCUT2D eigenvalue weighted by Crippen LogP contribution is -2.21. The largest absolute Gasteiger partial charge is 0.389 e. The molecule has 0 heterocycles. The van der Waals surface area contributed by atoms with E-state index < -0.39 is 0 Å². The van der Waals surface area contributed by atoms with Gasteiger partial charge in [0.1, 0.15) is 4.99 Å². The van der Waals surface area contributed by atoms with Crippen LogP contribution in [0.1, 0.15) is 49.3 Å². The highest BCUT2D eigenvalue weighted by Crippen LogP contribution is 2.26. The van der Waals surface area contributed by atoms with Gasteiger partial charge in [-0.1, -0.05) is 44.1 Å². The van der Waals surface area contributed by atoms with E-state index in [9.17, 15) is 0 Å². The molecule has 0 aromatic heterocycles. The minimum atomic E-state index is 0.429. The molecule has 2 rings (SSSR count). The van der Waals surface area contributed by atoms with Gasteiger partial charge in [-0.2, -0.15) is 0 Å². The summed E-state index contributed by atoms with van der Waals surface area (Å²) < 4.78 is 6.06. The molecule has 0 bridgehead atoms. The number of hydrogen-bond acceptors (Lipinski definition) is 2. The van der Waals surface area contributed by atoms with Crippen molar-refractivity contribution in [2.75, 3.05) is 0 Å². The van der Waals surface area contributed by atoms with Crippen LogP contribution in [0.4, 0.5) is 0 Å². The first-order valence-corrected chi connectivity index (χ1v) is 7.48. The Bertz CT molecular complexity index is 458. The molecule has 1 aromatic rings. The van der Waals surface area contributed by atoms with Gasteiger partial charge in [0.25, 0.3) is 0 Å². The summed E-state index contributed by atoms with van der Waals surface area (Å²) in [5.74, 6) is 0.803. The third-order valence-electron chi connectivity index (χ3n) is 3.99. The second-order valence-corrected chi connectivity index (χ2v) is 6.15. The number of rotatable bonds is 4. The third-order valence-corrected chi connectivity index (χ3v) is 4.23. The standard InChI is InChI=1S/C16H23NOS/c1-11-4-3-5-15(8-11)18-10-14-7-6-13(16(17)19)9-12(14)2/h6-7,9,11,15H,3-5,8,10H2,1-2H3,(H2,17,19). The number of benzene rings is 1. The van der Waals surface area contributed by atoms with Crippen LogP contribution in [0.3, 0.4) is 0 Å². The van der Waals surface area contributed by atoms with Crippen LogP contribution in [0.2, 0.25) is 0 Å². The second-order valence-electron chi connectivity index (χ2n) is 5.71.